The van der Waals surface area contributed by atoms with Crippen molar-refractivity contribution in [1.29, 1.82) is 0 Å². The van der Waals surface area contributed by atoms with E-state index in [2.05, 4.69) is 0 Å². The summed E-state index contributed by atoms with van der Waals surface area (Å²) in [5.41, 5.74) is 2.32. The Morgan fingerprint density at radius 1 is 0.515 bits per heavy atom. The quantitative estimate of drug-likeness (QED) is 0.0576. The summed E-state index contributed by atoms with van der Waals surface area (Å²) in [7, 11) is -0.0465. The van der Waals surface area contributed by atoms with Gasteiger partial charge in [0.25, 0.3) is 0 Å². The van der Waals surface area contributed by atoms with Gasteiger partial charge in [0, 0.05) is 7.92 Å². The predicted molar refractivity (Wildman–Crippen MR) is 121 cm³/mol. The van der Waals surface area contributed by atoms with E-state index in [1.54, 1.807) is 96.3 Å². The van der Waals surface area contributed by atoms with Crippen molar-refractivity contribution >= 4 is 7.92 Å². The summed E-state index contributed by atoms with van der Waals surface area (Å²) < 4.78 is 61.9. The van der Waals surface area contributed by atoms with Gasteiger partial charge >= 0.3 is 22.4 Å². The fourth-order valence-electron chi connectivity index (χ4n) is 6.02. The average molecular weight is 669 g/mol. The molecule has 3 aliphatic carbocycles. The minimum Gasteiger partial charge on any atom is -0.366 e. The second-order valence-electron chi connectivity index (χ2n) is 9.57. The molecule has 0 atom stereocenters. The Morgan fingerprint density at radius 3 is 1.06 bits per heavy atom. The molecule has 0 spiro atoms. The third-order valence-electron chi connectivity index (χ3n) is 7.56. The minimum atomic E-state index is -2.24. The second kappa shape index (κ2) is 14.2. The fourth-order valence-corrected chi connectivity index (χ4v) is 11.2. The van der Waals surface area contributed by atoms with Gasteiger partial charge in [0.2, 0.25) is 0 Å². The summed E-state index contributed by atoms with van der Waals surface area (Å²) in [6.45, 7) is 0. The number of hydrogen-bond acceptors (Lipinski definition) is 0. The van der Waals surface area contributed by atoms with Crippen molar-refractivity contribution in [3.8, 4) is 5.92 Å². The monoisotopic (exact) mass is 669 g/mol. The van der Waals surface area contributed by atoms with Gasteiger partial charge in [-0.1, -0.05) is 24.8 Å². The summed E-state index contributed by atoms with van der Waals surface area (Å²) in [4.78, 5) is 0. The topological polar surface area (TPSA) is 0 Å². The van der Waals surface area contributed by atoms with Crippen molar-refractivity contribution < 1.29 is 44.3 Å². The number of hydrogen-bond donors (Lipinski definition) is 0. The Kier molecular flexibility index (Phi) is 12.4. The molecule has 7 heteroatoms. The van der Waals surface area contributed by atoms with Crippen LogP contribution in [0.25, 0.3) is 0 Å². The van der Waals surface area contributed by atoms with Crippen molar-refractivity contribution in [2.24, 2.45) is 0 Å². The molecule has 33 heavy (non-hydrogen) atoms. The van der Waals surface area contributed by atoms with Crippen molar-refractivity contribution in [1.82, 2.24) is 0 Å². The van der Waals surface area contributed by atoms with Crippen molar-refractivity contribution in [3.05, 3.63) is 41.1 Å². The standard InChI is InChI=1S/C18H33P.C8F5.Au/c1-4-10-16(11-5-1)19(17-12-6-2-7-13-17)18-14-8-3-9-15-18;1-2-3-4(9)6(11)8(13)7(12)5(3)10;/h16-18H,1-15H2;;/q;-1;+1/p+1. The molecule has 0 saturated heterocycles. The van der Waals surface area contributed by atoms with E-state index in [1.165, 1.54) is 17.0 Å². The van der Waals surface area contributed by atoms with Crippen LogP contribution in [0.1, 0.15) is 102 Å². The van der Waals surface area contributed by atoms with Crippen LogP contribution in [0, 0.1) is 41.4 Å². The van der Waals surface area contributed by atoms with Gasteiger partial charge in [0.1, 0.15) is 0 Å². The van der Waals surface area contributed by atoms with Gasteiger partial charge in [0.05, 0.1) is 28.6 Å². The van der Waals surface area contributed by atoms with Crippen LogP contribution in [0.5, 0.6) is 0 Å². The van der Waals surface area contributed by atoms with Gasteiger partial charge in [-0.15, -0.1) is 0 Å². The predicted octanol–water partition coefficient (Wildman–Crippen LogP) is 8.52. The van der Waals surface area contributed by atoms with E-state index in [1.807, 2.05) is 0 Å². The number of halogens is 5. The zero-order valence-electron chi connectivity index (χ0n) is 19.0. The van der Waals surface area contributed by atoms with Crippen LogP contribution in [-0.2, 0) is 22.4 Å². The summed E-state index contributed by atoms with van der Waals surface area (Å²) >= 11 is 0. The summed E-state index contributed by atoms with van der Waals surface area (Å²) in [5.74, 6) is -9.37. The van der Waals surface area contributed by atoms with Crippen LogP contribution in [-0.4, -0.2) is 17.0 Å². The van der Waals surface area contributed by atoms with Crippen LogP contribution in [0.4, 0.5) is 22.0 Å². The minimum absolute atomic E-state index is 0. The van der Waals surface area contributed by atoms with Gasteiger partial charge in [-0.25, -0.2) is 22.0 Å². The van der Waals surface area contributed by atoms with E-state index in [-0.39, 0.29) is 30.3 Å². The Balaban J connectivity index is 0.000000244. The zero-order chi connectivity index (χ0) is 23.1. The number of rotatable bonds is 3. The maximum absolute atomic E-state index is 12.5. The summed E-state index contributed by atoms with van der Waals surface area (Å²) in [6, 6.07) is 0. The van der Waals surface area contributed by atoms with Gasteiger partial charge in [0.15, 0.2) is 17.5 Å². The van der Waals surface area contributed by atoms with E-state index in [4.69, 9.17) is 6.42 Å². The van der Waals surface area contributed by atoms with Crippen molar-refractivity contribution in [2.45, 2.75) is 113 Å². The fraction of sp³-hybridized carbons (Fsp3) is 0.692. The molecule has 0 aromatic heterocycles. The van der Waals surface area contributed by atoms with Crippen LogP contribution in [0.15, 0.2) is 0 Å². The molecule has 3 aliphatic rings. The van der Waals surface area contributed by atoms with E-state index >= 15 is 0 Å². The molecule has 0 radical (unpaired) electrons. The molecule has 0 nitrogen and oxygen atoms in total. The maximum atomic E-state index is 12.5. The molecule has 0 amide bonds. The zero-order valence-corrected chi connectivity index (χ0v) is 22.2. The molecule has 4 rings (SSSR count). The Bertz CT molecular complexity index is 719. The van der Waals surface area contributed by atoms with E-state index in [0.717, 1.165) is 5.92 Å². The van der Waals surface area contributed by atoms with E-state index < -0.39 is 34.6 Å². The first-order valence-corrected chi connectivity index (χ1v) is 14.0. The van der Waals surface area contributed by atoms with Gasteiger partial charge in [-0.3, -0.25) is 5.92 Å². The smallest absolute Gasteiger partial charge is 0.366 e. The van der Waals surface area contributed by atoms with Crippen LogP contribution >= 0.6 is 7.92 Å². The van der Waals surface area contributed by atoms with Crippen LogP contribution in [0.2, 0.25) is 0 Å². The summed E-state index contributed by atoms with van der Waals surface area (Å²) in [5, 5.41) is 0. The first-order chi connectivity index (χ1) is 15.5. The SMILES string of the molecule is C1CCC([PH+](C2CCCCC2)C2CCCCC2)CC1.[Au+].[C-]#Cc1c(F)c(F)c(F)c(F)c1F. The Hall–Kier alpha value is -0.400. The van der Waals surface area contributed by atoms with Gasteiger partial charge in [-0.2, -0.15) is 0 Å². The molecule has 3 fully saturated rings. The molecule has 1 aromatic rings. The van der Waals surface area contributed by atoms with Crippen LogP contribution < -0.4 is 0 Å². The first-order valence-electron chi connectivity index (χ1n) is 12.3. The third-order valence-corrected chi connectivity index (χ3v) is 12.1. The molecule has 188 valence electrons. The van der Waals surface area contributed by atoms with Crippen molar-refractivity contribution in [2.75, 3.05) is 0 Å². The molecule has 0 N–H and O–H groups in total. The Labute approximate surface area is 212 Å². The summed E-state index contributed by atoms with van der Waals surface area (Å²) in [6.07, 6.45) is 30.1. The Morgan fingerprint density at radius 2 is 0.788 bits per heavy atom. The average Bonchev–Trinajstić information content (AvgIpc) is 2.85. The van der Waals surface area contributed by atoms with E-state index in [9.17, 15) is 22.0 Å². The molecule has 3 saturated carbocycles. The third kappa shape index (κ3) is 7.30. The molecule has 0 aliphatic heterocycles. The molecule has 1 aromatic carbocycles. The normalized spacial score (nSPS) is 20.5. The van der Waals surface area contributed by atoms with Gasteiger partial charge < -0.3 is 6.42 Å². The molecule has 0 bridgehead atoms. The largest absolute Gasteiger partial charge is 1.00 e. The molecule has 0 unspecified atom stereocenters. The van der Waals surface area contributed by atoms with E-state index in [0.29, 0.717) is 0 Å². The van der Waals surface area contributed by atoms with Crippen molar-refractivity contribution in [3.63, 3.8) is 0 Å². The molecular formula is C26H34AuF5P+. The maximum Gasteiger partial charge on any atom is 1.00 e. The molecule has 0 heterocycles. The number of benzene rings is 1. The first kappa shape index (κ1) is 28.8. The second-order valence-corrected chi connectivity index (χ2v) is 13.0. The van der Waals surface area contributed by atoms with Gasteiger partial charge in [-0.05, 0) is 77.0 Å². The van der Waals surface area contributed by atoms with Crippen LogP contribution in [0.3, 0.4) is 0 Å². The molecular weight excluding hydrogens is 635 g/mol.